The third-order valence-electron chi connectivity index (χ3n) is 10.2. The average Bonchev–Trinajstić information content (AvgIpc) is 3.98. The monoisotopic (exact) mass is 724 g/mol. The third-order valence-corrected chi connectivity index (χ3v) is 10.2. The number of aromatic nitrogens is 4. The molecule has 14 nitrogen and oxygen atoms in total. The van der Waals surface area contributed by atoms with E-state index >= 15 is 0 Å². The Balaban J connectivity index is 1.11. The number of nitrogens with one attached hydrogen (secondary N) is 4. The smallest absolute Gasteiger partial charge is 0.407 e. The number of rotatable bonds is 11. The highest BCUT2D eigenvalue weighted by Crippen LogP contribution is 2.35. The molecule has 5 N–H and O–H groups in total. The first-order valence-electron chi connectivity index (χ1n) is 18.2. The van der Waals surface area contributed by atoms with Gasteiger partial charge in [0.05, 0.1) is 43.0 Å². The fourth-order valence-electron chi connectivity index (χ4n) is 7.32. The molecule has 53 heavy (non-hydrogen) atoms. The Bertz CT molecular complexity index is 1920. The molecule has 4 heterocycles. The first-order chi connectivity index (χ1) is 25.4. The third kappa shape index (κ3) is 8.06. The van der Waals surface area contributed by atoms with Gasteiger partial charge < -0.3 is 40.2 Å². The van der Waals surface area contributed by atoms with Gasteiger partial charge in [0.15, 0.2) is 0 Å². The molecule has 280 valence electrons. The van der Waals surface area contributed by atoms with E-state index in [1.54, 1.807) is 22.2 Å². The van der Waals surface area contributed by atoms with Gasteiger partial charge in [-0.15, -0.1) is 0 Å². The normalized spacial score (nSPS) is 18.3. The van der Waals surface area contributed by atoms with Crippen molar-refractivity contribution in [3.63, 3.8) is 0 Å². The van der Waals surface area contributed by atoms with E-state index in [9.17, 15) is 24.3 Å². The lowest BCUT2D eigenvalue weighted by Crippen LogP contribution is -2.51. The molecule has 0 saturated carbocycles. The zero-order valence-corrected chi connectivity index (χ0v) is 30.8. The van der Waals surface area contributed by atoms with Gasteiger partial charge in [0, 0.05) is 13.1 Å². The van der Waals surface area contributed by atoms with E-state index in [-0.39, 0.29) is 35.7 Å². The number of methoxy groups -OCH3 is 1. The maximum absolute atomic E-state index is 13.5. The minimum Gasteiger partial charge on any atom is -0.465 e. The van der Waals surface area contributed by atoms with Crippen molar-refractivity contribution < 1.29 is 29.0 Å². The Morgan fingerprint density at radius 3 is 1.47 bits per heavy atom. The number of H-pyrrole nitrogens is 2. The number of imidazole rings is 2. The number of benzene rings is 2. The number of likely N-dealkylation sites (tertiary alicyclic amines) is 2. The van der Waals surface area contributed by atoms with Crippen LogP contribution in [0.15, 0.2) is 60.9 Å². The topological polar surface area (TPSA) is 186 Å². The second kappa shape index (κ2) is 15.9. The molecule has 0 bridgehead atoms. The summed E-state index contributed by atoms with van der Waals surface area (Å²) in [4.78, 5) is 69.8. The summed E-state index contributed by atoms with van der Waals surface area (Å²) in [5, 5.41) is 14.3. The van der Waals surface area contributed by atoms with Crippen LogP contribution in [-0.2, 0) is 14.3 Å². The molecule has 4 atom stereocenters. The van der Waals surface area contributed by atoms with Crippen LogP contribution in [0.5, 0.6) is 0 Å². The summed E-state index contributed by atoms with van der Waals surface area (Å²) in [6.45, 7) is 8.59. The van der Waals surface area contributed by atoms with E-state index in [4.69, 9.17) is 4.74 Å². The number of carboxylic acid groups (broad SMARTS) is 1. The summed E-state index contributed by atoms with van der Waals surface area (Å²) in [6, 6.07) is 14.4. The van der Waals surface area contributed by atoms with E-state index in [0.717, 1.165) is 65.1 Å². The molecule has 0 radical (unpaired) electrons. The number of carbonyl (C=O) groups is 4. The molecule has 2 aliphatic heterocycles. The first-order valence-corrected chi connectivity index (χ1v) is 18.2. The Hall–Kier alpha value is -5.66. The van der Waals surface area contributed by atoms with Crippen LogP contribution in [0.25, 0.3) is 33.6 Å². The van der Waals surface area contributed by atoms with Crippen LogP contribution < -0.4 is 10.6 Å². The number of alkyl carbamates (subject to hydrolysis) is 1. The van der Waals surface area contributed by atoms with Gasteiger partial charge in [-0.2, -0.15) is 0 Å². The quantitative estimate of drug-likeness (QED) is 0.122. The Morgan fingerprint density at radius 2 is 1.09 bits per heavy atom. The number of carbonyl (C=O) groups excluding carboxylic acids is 3. The number of aromatic amines is 2. The largest absolute Gasteiger partial charge is 0.465 e. The number of nitrogens with zero attached hydrogens (tertiary/aromatic N) is 4. The fourth-order valence-corrected chi connectivity index (χ4v) is 7.32. The Labute approximate surface area is 308 Å². The Kier molecular flexibility index (Phi) is 11.2. The van der Waals surface area contributed by atoms with E-state index in [1.165, 1.54) is 7.11 Å². The molecule has 4 amide bonds. The lowest BCUT2D eigenvalue weighted by molar-refractivity contribution is -0.136. The predicted octanol–water partition coefficient (Wildman–Crippen LogP) is 6.13. The van der Waals surface area contributed by atoms with Gasteiger partial charge in [-0.3, -0.25) is 9.59 Å². The van der Waals surface area contributed by atoms with Crippen molar-refractivity contribution in [1.29, 1.82) is 0 Å². The number of hydrogen-bond acceptors (Lipinski definition) is 7. The van der Waals surface area contributed by atoms with Crippen LogP contribution in [0.2, 0.25) is 0 Å². The molecule has 0 spiro atoms. The van der Waals surface area contributed by atoms with Crippen molar-refractivity contribution in [2.75, 3.05) is 20.2 Å². The van der Waals surface area contributed by atoms with E-state index in [0.29, 0.717) is 18.9 Å². The zero-order chi connectivity index (χ0) is 37.8. The standard InChI is InChI=1S/C39H48N8O6/c1-22(2)32(44-38(50)51)36(48)46-18-6-8-30(46)34-40-20-28(42-34)26-14-10-24(11-15-26)25-12-16-27(17-13-25)29-21-41-35(43-29)31-9-7-19-47(31)37(49)33(23(3)4)45-39(52)53-5/h10-17,20-23,30-33,44H,6-9,18-19H2,1-5H3,(H,40,42)(H,41,43)(H,45,52)(H,50,51). The SMILES string of the molecule is COC(=O)NC(C(=O)N1CCCC1c1ncc(-c2ccc(-c3ccc(-c4cnc(C5CCCN5C(=O)C(NC(=O)O)C(C)C)[nH]4)cc3)cc2)[nH]1)C(C)C. The van der Waals surface area contributed by atoms with E-state index in [2.05, 4.69) is 54.8 Å². The minimum absolute atomic E-state index is 0.107. The van der Waals surface area contributed by atoms with Crippen molar-refractivity contribution in [3.8, 4) is 33.6 Å². The summed E-state index contributed by atoms with van der Waals surface area (Å²) in [6.07, 6.45) is 4.91. The Morgan fingerprint density at radius 1 is 0.698 bits per heavy atom. The van der Waals surface area contributed by atoms with Gasteiger partial charge in [0.1, 0.15) is 23.7 Å². The van der Waals surface area contributed by atoms with Crippen LogP contribution >= 0.6 is 0 Å². The molecule has 2 aromatic carbocycles. The van der Waals surface area contributed by atoms with Gasteiger partial charge in [-0.25, -0.2) is 19.6 Å². The molecule has 4 unspecified atom stereocenters. The van der Waals surface area contributed by atoms with Crippen LogP contribution in [0.4, 0.5) is 9.59 Å². The maximum Gasteiger partial charge on any atom is 0.407 e. The van der Waals surface area contributed by atoms with Crippen LogP contribution in [0, 0.1) is 11.8 Å². The average molecular weight is 725 g/mol. The highest BCUT2D eigenvalue weighted by atomic mass is 16.5. The van der Waals surface area contributed by atoms with Crippen LogP contribution in [0.3, 0.4) is 0 Å². The molecule has 2 saturated heterocycles. The second-order valence-corrected chi connectivity index (χ2v) is 14.4. The highest BCUT2D eigenvalue weighted by Gasteiger charge is 2.39. The minimum atomic E-state index is -1.21. The van der Waals surface area contributed by atoms with Gasteiger partial charge in [-0.05, 0) is 59.8 Å². The molecule has 2 aromatic heterocycles. The zero-order valence-electron chi connectivity index (χ0n) is 30.8. The number of amides is 4. The molecule has 0 aliphatic carbocycles. The molecule has 2 fully saturated rings. The molecule has 14 heteroatoms. The van der Waals surface area contributed by atoms with Crippen molar-refractivity contribution in [3.05, 3.63) is 72.6 Å². The lowest BCUT2D eigenvalue weighted by atomic mass is 10.0. The van der Waals surface area contributed by atoms with Crippen molar-refractivity contribution in [1.82, 2.24) is 40.4 Å². The molecule has 2 aliphatic rings. The molecular formula is C39H48N8O6. The maximum atomic E-state index is 13.5. The first kappa shape index (κ1) is 37.1. The number of ether oxygens (including phenoxy) is 1. The highest BCUT2D eigenvalue weighted by molar-refractivity contribution is 5.87. The van der Waals surface area contributed by atoms with Crippen molar-refractivity contribution in [2.45, 2.75) is 77.5 Å². The van der Waals surface area contributed by atoms with Crippen LogP contribution in [-0.4, -0.2) is 91.1 Å². The van der Waals surface area contributed by atoms with Gasteiger partial charge >= 0.3 is 12.2 Å². The van der Waals surface area contributed by atoms with Crippen molar-refractivity contribution >= 4 is 24.0 Å². The summed E-state index contributed by atoms with van der Waals surface area (Å²) < 4.78 is 4.75. The van der Waals surface area contributed by atoms with E-state index in [1.807, 2.05) is 52.0 Å². The van der Waals surface area contributed by atoms with Crippen molar-refractivity contribution in [2.24, 2.45) is 11.8 Å². The fraction of sp³-hybridized carbons (Fsp3) is 0.436. The molecule has 4 aromatic rings. The second-order valence-electron chi connectivity index (χ2n) is 14.4. The summed E-state index contributed by atoms with van der Waals surface area (Å²) in [7, 11) is 1.29. The molecular weight excluding hydrogens is 676 g/mol. The van der Waals surface area contributed by atoms with Gasteiger partial charge in [0.2, 0.25) is 11.8 Å². The van der Waals surface area contributed by atoms with Crippen LogP contribution in [0.1, 0.15) is 77.1 Å². The van der Waals surface area contributed by atoms with Gasteiger partial charge in [0.25, 0.3) is 0 Å². The molecule has 6 rings (SSSR count). The summed E-state index contributed by atoms with van der Waals surface area (Å²) in [5.74, 6) is 0.737. The van der Waals surface area contributed by atoms with E-state index < -0.39 is 24.3 Å². The predicted molar refractivity (Wildman–Crippen MR) is 198 cm³/mol. The van der Waals surface area contributed by atoms with Gasteiger partial charge in [-0.1, -0.05) is 76.2 Å². The lowest BCUT2D eigenvalue weighted by Gasteiger charge is -2.30. The number of hydrogen-bond donors (Lipinski definition) is 5. The summed E-state index contributed by atoms with van der Waals surface area (Å²) in [5.41, 5.74) is 5.70. The summed E-state index contributed by atoms with van der Waals surface area (Å²) >= 11 is 0.